The van der Waals surface area contributed by atoms with Crippen molar-refractivity contribution < 1.29 is 13.2 Å². The Morgan fingerprint density at radius 2 is 1.89 bits per heavy atom. The minimum atomic E-state index is -1.07. The van der Waals surface area contributed by atoms with Crippen molar-refractivity contribution >= 4 is 0 Å². The van der Waals surface area contributed by atoms with Gasteiger partial charge in [-0.1, -0.05) is 6.92 Å². The number of aryl methyl sites for hydroxylation is 1. The van der Waals surface area contributed by atoms with E-state index in [1.54, 1.807) is 10.8 Å². The summed E-state index contributed by atoms with van der Waals surface area (Å²) in [5, 5.41) is 0. The number of aromatic nitrogens is 2. The molecule has 1 heterocycles. The number of benzene rings is 1. The third-order valence-corrected chi connectivity index (χ3v) is 2.85. The number of nitrogens with two attached hydrogens (primary N) is 1. The zero-order valence-corrected chi connectivity index (χ0v) is 10.4. The van der Waals surface area contributed by atoms with Gasteiger partial charge in [0.1, 0.15) is 23.3 Å². The van der Waals surface area contributed by atoms with Crippen LogP contribution in [0.4, 0.5) is 13.2 Å². The molecule has 19 heavy (non-hydrogen) atoms. The molecule has 2 N–H and O–H groups in total. The lowest BCUT2D eigenvalue weighted by molar-refractivity contribution is 0.504. The maximum atomic E-state index is 13.7. The molecule has 0 radical (unpaired) electrons. The zero-order chi connectivity index (χ0) is 14.0. The Kier molecular flexibility index (Phi) is 3.90. The molecule has 0 bridgehead atoms. The molecular formula is C13H14F3N3. The van der Waals surface area contributed by atoms with E-state index < -0.39 is 23.5 Å². The molecule has 102 valence electrons. The summed E-state index contributed by atoms with van der Waals surface area (Å²) in [5.41, 5.74) is 5.49. The molecule has 0 aliphatic carbocycles. The smallest absolute Gasteiger partial charge is 0.134 e. The lowest BCUT2D eigenvalue weighted by Gasteiger charge is -2.15. The van der Waals surface area contributed by atoms with Crippen molar-refractivity contribution in [1.29, 1.82) is 0 Å². The van der Waals surface area contributed by atoms with Crippen molar-refractivity contribution in [3.05, 3.63) is 53.4 Å². The maximum absolute atomic E-state index is 13.7. The summed E-state index contributed by atoms with van der Waals surface area (Å²) in [6.45, 7) is 2.61. The molecule has 0 amide bonds. The number of imidazole rings is 1. The Bertz CT molecular complexity index is 557. The Balaban J connectivity index is 2.44. The van der Waals surface area contributed by atoms with Crippen LogP contribution in [0.3, 0.4) is 0 Å². The predicted molar refractivity (Wildman–Crippen MR) is 64.9 cm³/mol. The van der Waals surface area contributed by atoms with E-state index in [2.05, 4.69) is 4.98 Å². The molecule has 1 unspecified atom stereocenters. The fourth-order valence-corrected chi connectivity index (χ4v) is 2.01. The van der Waals surface area contributed by atoms with Crippen LogP contribution in [0.25, 0.3) is 0 Å². The van der Waals surface area contributed by atoms with Crippen LogP contribution >= 0.6 is 0 Å². The molecule has 2 aromatic rings. The molecule has 1 atom stereocenters. The Hall–Kier alpha value is -1.82. The van der Waals surface area contributed by atoms with E-state index in [1.807, 2.05) is 6.92 Å². The highest BCUT2D eigenvalue weighted by Crippen LogP contribution is 2.25. The van der Waals surface area contributed by atoms with Gasteiger partial charge < -0.3 is 10.3 Å². The molecular weight excluding hydrogens is 255 g/mol. The Morgan fingerprint density at radius 1 is 1.26 bits per heavy atom. The van der Waals surface area contributed by atoms with E-state index >= 15 is 0 Å². The molecule has 0 spiro atoms. The van der Waals surface area contributed by atoms with Crippen molar-refractivity contribution in [3.8, 4) is 0 Å². The second-order valence-electron chi connectivity index (χ2n) is 4.24. The Labute approximate surface area is 108 Å². The van der Waals surface area contributed by atoms with E-state index in [0.717, 1.165) is 6.42 Å². The van der Waals surface area contributed by atoms with Gasteiger partial charge in [-0.25, -0.2) is 18.2 Å². The monoisotopic (exact) mass is 269 g/mol. The van der Waals surface area contributed by atoms with E-state index in [0.29, 0.717) is 24.5 Å². The molecule has 0 saturated carbocycles. The first-order valence-corrected chi connectivity index (χ1v) is 5.95. The third-order valence-electron chi connectivity index (χ3n) is 2.85. The number of nitrogens with zero attached hydrogens (tertiary/aromatic N) is 2. The highest BCUT2D eigenvalue weighted by atomic mass is 19.1. The van der Waals surface area contributed by atoms with Crippen LogP contribution in [0.2, 0.25) is 0 Å². The number of rotatable bonds is 4. The lowest BCUT2D eigenvalue weighted by Crippen LogP contribution is -2.20. The quantitative estimate of drug-likeness (QED) is 0.927. The first-order chi connectivity index (χ1) is 9.04. The molecule has 0 fully saturated rings. The molecule has 1 aromatic carbocycles. The first kappa shape index (κ1) is 13.6. The van der Waals surface area contributed by atoms with Crippen LogP contribution in [0.1, 0.15) is 30.8 Å². The van der Waals surface area contributed by atoms with Gasteiger partial charge in [-0.2, -0.15) is 0 Å². The fourth-order valence-electron chi connectivity index (χ4n) is 2.01. The fraction of sp³-hybridized carbons (Fsp3) is 0.308. The summed E-state index contributed by atoms with van der Waals surface area (Å²) in [7, 11) is 0. The third kappa shape index (κ3) is 2.63. The molecule has 0 aliphatic rings. The van der Waals surface area contributed by atoms with E-state index in [4.69, 9.17) is 5.73 Å². The van der Waals surface area contributed by atoms with Gasteiger partial charge in [-0.3, -0.25) is 0 Å². The van der Waals surface area contributed by atoms with Crippen molar-refractivity contribution in [1.82, 2.24) is 9.55 Å². The minimum absolute atomic E-state index is 0.353. The second-order valence-corrected chi connectivity index (χ2v) is 4.24. The summed E-state index contributed by atoms with van der Waals surface area (Å²) in [4.78, 5) is 4.03. The van der Waals surface area contributed by atoms with Crippen LogP contribution in [-0.2, 0) is 6.54 Å². The van der Waals surface area contributed by atoms with Gasteiger partial charge in [-0.05, 0) is 6.42 Å². The largest absolute Gasteiger partial charge is 0.333 e. The average Bonchev–Trinajstić information content (AvgIpc) is 2.76. The van der Waals surface area contributed by atoms with Crippen LogP contribution in [0.5, 0.6) is 0 Å². The lowest BCUT2D eigenvalue weighted by atomic mass is 10.1. The first-order valence-electron chi connectivity index (χ1n) is 5.95. The van der Waals surface area contributed by atoms with E-state index in [9.17, 15) is 13.2 Å². The minimum Gasteiger partial charge on any atom is -0.333 e. The predicted octanol–water partition coefficient (Wildman–Crippen LogP) is 2.76. The van der Waals surface area contributed by atoms with Crippen LogP contribution < -0.4 is 5.73 Å². The molecule has 2 rings (SSSR count). The zero-order valence-electron chi connectivity index (χ0n) is 10.4. The summed E-state index contributed by atoms with van der Waals surface area (Å²) in [6, 6.07) is 0.165. The van der Waals surface area contributed by atoms with E-state index in [-0.39, 0.29) is 5.56 Å². The van der Waals surface area contributed by atoms with Crippen molar-refractivity contribution in [2.24, 2.45) is 5.73 Å². The van der Waals surface area contributed by atoms with Gasteiger partial charge in [0.05, 0.1) is 6.04 Å². The average molecular weight is 269 g/mol. The maximum Gasteiger partial charge on any atom is 0.134 e. The van der Waals surface area contributed by atoms with Crippen molar-refractivity contribution in [2.45, 2.75) is 25.9 Å². The number of hydrogen-bond donors (Lipinski definition) is 1. The van der Waals surface area contributed by atoms with Crippen LogP contribution in [-0.4, -0.2) is 9.55 Å². The molecule has 1 aromatic heterocycles. The van der Waals surface area contributed by atoms with Gasteiger partial charge in [0.15, 0.2) is 0 Å². The SMILES string of the molecule is CCCn1ccnc1C(N)c1c(F)cc(F)cc1F. The van der Waals surface area contributed by atoms with Gasteiger partial charge >= 0.3 is 0 Å². The van der Waals surface area contributed by atoms with Crippen LogP contribution in [0.15, 0.2) is 24.5 Å². The molecule has 0 saturated heterocycles. The van der Waals surface area contributed by atoms with Gasteiger partial charge in [0.2, 0.25) is 0 Å². The topological polar surface area (TPSA) is 43.8 Å². The number of halogens is 3. The van der Waals surface area contributed by atoms with Crippen molar-refractivity contribution in [2.75, 3.05) is 0 Å². The van der Waals surface area contributed by atoms with Gasteiger partial charge in [0.25, 0.3) is 0 Å². The summed E-state index contributed by atoms with van der Waals surface area (Å²) in [6.07, 6.45) is 4.05. The standard InChI is InChI=1S/C13H14F3N3/c1-2-4-19-5-3-18-13(19)12(17)11-9(15)6-8(14)7-10(11)16/h3,5-7,12H,2,4,17H2,1H3. The van der Waals surface area contributed by atoms with Crippen LogP contribution in [0, 0.1) is 17.5 Å². The van der Waals surface area contributed by atoms with Gasteiger partial charge in [-0.15, -0.1) is 0 Å². The highest BCUT2D eigenvalue weighted by molar-refractivity contribution is 5.28. The normalized spacial score (nSPS) is 12.7. The highest BCUT2D eigenvalue weighted by Gasteiger charge is 2.23. The molecule has 6 heteroatoms. The van der Waals surface area contributed by atoms with Gasteiger partial charge in [0, 0.05) is 36.6 Å². The molecule has 3 nitrogen and oxygen atoms in total. The Morgan fingerprint density at radius 3 is 2.47 bits per heavy atom. The van der Waals surface area contributed by atoms with Crippen molar-refractivity contribution in [3.63, 3.8) is 0 Å². The molecule has 0 aliphatic heterocycles. The van der Waals surface area contributed by atoms with E-state index in [1.165, 1.54) is 6.20 Å². The number of hydrogen-bond acceptors (Lipinski definition) is 2. The summed E-state index contributed by atoms with van der Waals surface area (Å²) < 4.78 is 41.9. The summed E-state index contributed by atoms with van der Waals surface area (Å²) in [5.74, 6) is -2.62. The summed E-state index contributed by atoms with van der Waals surface area (Å²) >= 11 is 0. The second kappa shape index (κ2) is 5.44.